The summed E-state index contributed by atoms with van der Waals surface area (Å²) in [6.07, 6.45) is 0. The van der Waals surface area contributed by atoms with E-state index >= 15 is 0 Å². The molecule has 0 atom stereocenters. The van der Waals surface area contributed by atoms with Gasteiger partial charge in [-0.15, -0.1) is 0 Å². The number of hydrogen-bond acceptors (Lipinski definition) is 1. The molecule has 0 saturated carbocycles. The molecule has 0 bridgehead atoms. The van der Waals surface area contributed by atoms with E-state index in [4.69, 9.17) is 11.3 Å². The summed E-state index contributed by atoms with van der Waals surface area (Å²) in [5, 5.41) is 0. The number of benzene rings is 2. The average Bonchev–Trinajstić information content (AvgIpc) is 2.38. The number of ether oxygens (including phenoxy) is 1. The van der Waals surface area contributed by atoms with Crippen molar-refractivity contribution in [3.63, 3.8) is 0 Å². The van der Waals surface area contributed by atoms with Gasteiger partial charge in [0.15, 0.2) is 11.6 Å². The highest BCUT2D eigenvalue weighted by molar-refractivity contribution is 9.10. The number of nitrogens with zero attached hydrogens (tertiary/aromatic N) is 1. The molecule has 2 nitrogen and oxygen atoms in total. The minimum Gasteiger partial charge on any atom is -0.497 e. The van der Waals surface area contributed by atoms with Crippen molar-refractivity contribution in [1.82, 2.24) is 0 Å². The molecular formula is C14H9BrFNO. The number of rotatable bonds is 3. The SMILES string of the molecule is [C-]#[N+]c1cc(Br)cc(F)c1OCc1ccccc1. The van der Waals surface area contributed by atoms with Gasteiger partial charge in [0.1, 0.15) is 6.61 Å². The van der Waals surface area contributed by atoms with Crippen LogP contribution in [0.2, 0.25) is 0 Å². The van der Waals surface area contributed by atoms with Crippen molar-refractivity contribution >= 4 is 21.6 Å². The van der Waals surface area contributed by atoms with Gasteiger partial charge in [-0.1, -0.05) is 46.3 Å². The summed E-state index contributed by atoms with van der Waals surface area (Å²) in [5.74, 6) is -0.539. The lowest BCUT2D eigenvalue weighted by atomic mass is 10.2. The lowest BCUT2D eigenvalue weighted by molar-refractivity contribution is 0.292. The minimum atomic E-state index is -0.536. The van der Waals surface area contributed by atoms with Gasteiger partial charge < -0.3 is 4.74 Å². The van der Waals surface area contributed by atoms with Crippen LogP contribution < -0.4 is 4.74 Å². The zero-order valence-electron chi connectivity index (χ0n) is 9.36. The molecule has 0 radical (unpaired) electrons. The van der Waals surface area contributed by atoms with E-state index in [2.05, 4.69) is 20.8 Å². The Morgan fingerprint density at radius 2 is 1.94 bits per heavy atom. The molecule has 0 saturated heterocycles. The fourth-order valence-corrected chi connectivity index (χ4v) is 1.92. The van der Waals surface area contributed by atoms with E-state index in [-0.39, 0.29) is 18.0 Å². The normalized spacial score (nSPS) is 9.83. The summed E-state index contributed by atoms with van der Waals surface area (Å²) in [7, 11) is 0. The van der Waals surface area contributed by atoms with Gasteiger partial charge in [-0.2, -0.15) is 0 Å². The molecule has 0 heterocycles. The highest BCUT2D eigenvalue weighted by Crippen LogP contribution is 2.34. The van der Waals surface area contributed by atoms with Gasteiger partial charge in [-0.25, -0.2) is 9.24 Å². The van der Waals surface area contributed by atoms with Crippen LogP contribution in [0.15, 0.2) is 46.9 Å². The lowest BCUT2D eigenvalue weighted by Gasteiger charge is -2.09. The Kier molecular flexibility index (Phi) is 3.96. The molecule has 0 aliphatic heterocycles. The monoisotopic (exact) mass is 305 g/mol. The molecule has 0 fully saturated rings. The molecule has 0 unspecified atom stereocenters. The van der Waals surface area contributed by atoms with Crippen LogP contribution in [0.1, 0.15) is 5.56 Å². The van der Waals surface area contributed by atoms with Gasteiger partial charge in [0.2, 0.25) is 5.69 Å². The second-order valence-electron chi connectivity index (χ2n) is 3.62. The van der Waals surface area contributed by atoms with Crippen LogP contribution in [0.25, 0.3) is 4.85 Å². The van der Waals surface area contributed by atoms with Crippen LogP contribution >= 0.6 is 15.9 Å². The molecule has 0 spiro atoms. The molecule has 2 rings (SSSR count). The van der Waals surface area contributed by atoms with Gasteiger partial charge in [0, 0.05) is 4.47 Å². The van der Waals surface area contributed by atoms with E-state index in [1.807, 2.05) is 30.3 Å². The van der Waals surface area contributed by atoms with E-state index < -0.39 is 5.82 Å². The maximum absolute atomic E-state index is 13.7. The first-order valence-electron chi connectivity index (χ1n) is 5.24. The molecular weight excluding hydrogens is 297 g/mol. The summed E-state index contributed by atoms with van der Waals surface area (Å²) in [6.45, 7) is 7.26. The molecule has 4 heteroatoms. The molecule has 0 amide bonds. The van der Waals surface area contributed by atoms with Gasteiger partial charge in [-0.3, -0.25) is 0 Å². The average molecular weight is 306 g/mol. The third-order valence-corrected chi connectivity index (χ3v) is 2.79. The maximum atomic E-state index is 13.7. The highest BCUT2D eigenvalue weighted by atomic mass is 79.9. The van der Waals surface area contributed by atoms with E-state index in [0.29, 0.717) is 4.47 Å². The molecule has 0 N–H and O–H groups in total. The van der Waals surface area contributed by atoms with E-state index in [9.17, 15) is 4.39 Å². The van der Waals surface area contributed by atoms with Gasteiger partial charge >= 0.3 is 0 Å². The quantitative estimate of drug-likeness (QED) is 0.748. The van der Waals surface area contributed by atoms with Crippen molar-refractivity contribution in [3.8, 4) is 5.75 Å². The third-order valence-electron chi connectivity index (χ3n) is 2.34. The standard InChI is InChI=1S/C14H9BrFNO/c1-17-13-8-11(15)7-12(16)14(13)18-9-10-5-3-2-4-6-10/h2-8H,9H2. The number of halogens is 2. The summed E-state index contributed by atoms with van der Waals surface area (Å²) in [4.78, 5) is 3.26. The van der Waals surface area contributed by atoms with Crippen molar-refractivity contribution in [2.45, 2.75) is 6.61 Å². The van der Waals surface area contributed by atoms with E-state index in [0.717, 1.165) is 5.56 Å². The predicted molar refractivity (Wildman–Crippen MR) is 71.1 cm³/mol. The van der Waals surface area contributed by atoms with Crippen molar-refractivity contribution in [2.75, 3.05) is 0 Å². The third kappa shape index (κ3) is 2.88. The fourth-order valence-electron chi connectivity index (χ4n) is 1.50. The first kappa shape index (κ1) is 12.6. The highest BCUT2D eigenvalue weighted by Gasteiger charge is 2.12. The summed E-state index contributed by atoms with van der Waals surface area (Å²) >= 11 is 3.15. The Morgan fingerprint density at radius 3 is 2.61 bits per heavy atom. The number of hydrogen-bond donors (Lipinski definition) is 0. The molecule has 0 aliphatic carbocycles. The van der Waals surface area contributed by atoms with Crippen LogP contribution in [0, 0.1) is 12.4 Å². The Bertz CT molecular complexity index is 593. The maximum Gasteiger partial charge on any atom is 0.232 e. The second kappa shape index (κ2) is 5.65. The first-order chi connectivity index (χ1) is 8.70. The van der Waals surface area contributed by atoms with Crippen molar-refractivity contribution < 1.29 is 9.13 Å². The van der Waals surface area contributed by atoms with Crippen LogP contribution in [0.5, 0.6) is 5.75 Å². The van der Waals surface area contributed by atoms with Crippen LogP contribution in [0.4, 0.5) is 10.1 Å². The summed E-state index contributed by atoms with van der Waals surface area (Å²) < 4.78 is 19.6. The predicted octanol–water partition coefficient (Wildman–Crippen LogP) is 4.72. The Hall–Kier alpha value is -1.86. The molecule has 2 aromatic carbocycles. The molecule has 18 heavy (non-hydrogen) atoms. The minimum absolute atomic E-state index is 0.00273. The van der Waals surface area contributed by atoms with Crippen molar-refractivity contribution in [1.29, 1.82) is 0 Å². The van der Waals surface area contributed by atoms with Crippen molar-refractivity contribution in [2.24, 2.45) is 0 Å². The summed E-state index contributed by atoms with van der Waals surface area (Å²) in [5.41, 5.74) is 1.09. The topological polar surface area (TPSA) is 13.6 Å². The molecule has 0 aliphatic rings. The molecule has 0 aromatic heterocycles. The van der Waals surface area contributed by atoms with Crippen LogP contribution in [-0.4, -0.2) is 0 Å². The smallest absolute Gasteiger partial charge is 0.232 e. The second-order valence-corrected chi connectivity index (χ2v) is 4.54. The lowest BCUT2D eigenvalue weighted by Crippen LogP contribution is -1.97. The Labute approximate surface area is 113 Å². The summed E-state index contributed by atoms with van der Waals surface area (Å²) in [6, 6.07) is 12.3. The molecule has 2 aromatic rings. The zero-order valence-corrected chi connectivity index (χ0v) is 10.9. The Balaban J connectivity index is 2.22. The van der Waals surface area contributed by atoms with Crippen LogP contribution in [0.3, 0.4) is 0 Å². The van der Waals surface area contributed by atoms with E-state index in [1.165, 1.54) is 12.1 Å². The van der Waals surface area contributed by atoms with E-state index in [1.54, 1.807) is 0 Å². The Morgan fingerprint density at radius 1 is 1.22 bits per heavy atom. The molecule has 90 valence electrons. The largest absolute Gasteiger partial charge is 0.497 e. The van der Waals surface area contributed by atoms with Gasteiger partial charge in [0.05, 0.1) is 6.57 Å². The van der Waals surface area contributed by atoms with Crippen LogP contribution in [-0.2, 0) is 6.61 Å². The van der Waals surface area contributed by atoms with Gasteiger partial charge in [-0.05, 0) is 17.7 Å². The van der Waals surface area contributed by atoms with Gasteiger partial charge in [0.25, 0.3) is 0 Å². The van der Waals surface area contributed by atoms with Crippen molar-refractivity contribution in [3.05, 3.63) is 69.7 Å². The fraction of sp³-hybridized carbons (Fsp3) is 0.0714. The first-order valence-corrected chi connectivity index (χ1v) is 6.03. The zero-order chi connectivity index (χ0) is 13.0.